The van der Waals surface area contributed by atoms with E-state index in [1.54, 1.807) is 0 Å². The number of nitrogens with two attached hydrogens (primary N) is 1. The van der Waals surface area contributed by atoms with Crippen LogP contribution in [0.4, 0.5) is 5.82 Å². The van der Waals surface area contributed by atoms with Crippen LogP contribution in [0.2, 0.25) is 0 Å². The van der Waals surface area contributed by atoms with Gasteiger partial charge in [-0.1, -0.05) is 12.1 Å². The molecule has 196 valence electrons. The number of likely N-dealkylation sites (tertiary alicyclic amines) is 1. The summed E-state index contributed by atoms with van der Waals surface area (Å²) in [7, 11) is 0. The van der Waals surface area contributed by atoms with Crippen molar-refractivity contribution in [3.05, 3.63) is 36.8 Å². The molecule has 2 unspecified atom stereocenters. The van der Waals surface area contributed by atoms with Crippen molar-refractivity contribution in [3.8, 4) is 16.9 Å². The number of nitrogen functional groups attached to an aromatic ring is 1. The Labute approximate surface area is 216 Å². The fourth-order valence-electron chi connectivity index (χ4n) is 6.22. The summed E-state index contributed by atoms with van der Waals surface area (Å²) in [5, 5.41) is 10.4. The molecule has 9 nitrogen and oxygen atoms in total. The van der Waals surface area contributed by atoms with Crippen LogP contribution in [0.15, 0.2) is 36.8 Å². The van der Waals surface area contributed by atoms with Gasteiger partial charge in [0.25, 0.3) is 0 Å². The summed E-state index contributed by atoms with van der Waals surface area (Å²) in [5.41, 5.74) is 9.23. The molecule has 2 aliphatic heterocycles. The fraction of sp³-hybridized carbons (Fsp3) is 0.536. The average molecular weight is 506 g/mol. The topological polar surface area (TPSA) is 116 Å². The van der Waals surface area contributed by atoms with Gasteiger partial charge in [0.1, 0.15) is 36.2 Å². The van der Waals surface area contributed by atoms with Crippen molar-refractivity contribution in [2.75, 3.05) is 32.0 Å². The maximum atomic E-state index is 11.6. The second-order valence-electron chi connectivity index (χ2n) is 10.7. The van der Waals surface area contributed by atoms with Crippen LogP contribution in [-0.4, -0.2) is 69.0 Å². The number of rotatable bonds is 8. The number of nitrogens with zero attached hydrogens (tertiary/aromatic N) is 4. The molecule has 3 N–H and O–H groups in total. The zero-order valence-electron chi connectivity index (χ0n) is 21.1. The predicted octanol–water partition coefficient (Wildman–Crippen LogP) is 4.13. The molecule has 4 heterocycles. The monoisotopic (exact) mass is 505 g/mol. The Balaban J connectivity index is 1.20. The highest BCUT2D eigenvalue weighted by molar-refractivity contribution is 6.00. The summed E-state index contributed by atoms with van der Waals surface area (Å²) in [6.45, 7) is 3.09. The molecule has 0 spiro atoms. The highest BCUT2D eigenvalue weighted by Gasteiger charge is 2.37. The third kappa shape index (κ3) is 4.90. The molecule has 2 saturated heterocycles. The molecular weight excluding hydrogens is 470 g/mol. The van der Waals surface area contributed by atoms with E-state index >= 15 is 0 Å². The van der Waals surface area contributed by atoms with Gasteiger partial charge in [0.2, 0.25) is 0 Å². The van der Waals surface area contributed by atoms with Gasteiger partial charge >= 0.3 is 5.97 Å². The Kier molecular flexibility index (Phi) is 6.73. The van der Waals surface area contributed by atoms with Crippen LogP contribution in [0.5, 0.6) is 5.75 Å². The zero-order valence-corrected chi connectivity index (χ0v) is 21.1. The summed E-state index contributed by atoms with van der Waals surface area (Å²) in [6, 6.07) is 8.08. The van der Waals surface area contributed by atoms with Gasteiger partial charge in [0, 0.05) is 31.0 Å². The van der Waals surface area contributed by atoms with Crippen molar-refractivity contribution in [1.29, 1.82) is 0 Å². The van der Waals surface area contributed by atoms with Crippen LogP contribution in [-0.2, 0) is 9.53 Å². The number of hydrogen-bond acceptors (Lipinski definition) is 7. The number of ether oxygens (including phenoxy) is 2. The molecule has 3 fully saturated rings. The molecule has 1 aromatic carbocycles. The Morgan fingerprint density at radius 3 is 2.89 bits per heavy atom. The third-order valence-electron chi connectivity index (χ3n) is 8.24. The lowest BCUT2D eigenvalue weighted by Crippen LogP contribution is -2.42. The Morgan fingerprint density at radius 2 is 2.08 bits per heavy atom. The highest BCUT2D eigenvalue weighted by Crippen LogP contribution is 2.44. The number of hydrogen-bond donors (Lipinski definition) is 2. The first-order valence-corrected chi connectivity index (χ1v) is 13.5. The van der Waals surface area contributed by atoms with Gasteiger partial charge in [-0.05, 0) is 75.1 Å². The number of aromatic nitrogens is 3. The van der Waals surface area contributed by atoms with Gasteiger partial charge in [0.05, 0.1) is 11.5 Å². The first kappa shape index (κ1) is 24.2. The minimum absolute atomic E-state index is 0.154. The molecule has 6 rings (SSSR count). The third-order valence-corrected chi connectivity index (χ3v) is 8.24. The van der Waals surface area contributed by atoms with Crippen molar-refractivity contribution in [2.24, 2.45) is 5.92 Å². The van der Waals surface area contributed by atoms with E-state index in [2.05, 4.69) is 37.8 Å². The number of carboxylic acids is 1. The summed E-state index contributed by atoms with van der Waals surface area (Å²) in [6.07, 6.45) is 10.9. The quantitative estimate of drug-likeness (QED) is 0.470. The molecule has 37 heavy (non-hydrogen) atoms. The summed E-state index contributed by atoms with van der Waals surface area (Å²) >= 11 is 0. The lowest BCUT2D eigenvalue weighted by atomic mass is 9.79. The zero-order chi connectivity index (χ0) is 25.4. The molecule has 1 saturated carbocycles. The summed E-state index contributed by atoms with van der Waals surface area (Å²) in [5.74, 6) is 1.08. The predicted molar refractivity (Wildman–Crippen MR) is 140 cm³/mol. The van der Waals surface area contributed by atoms with E-state index in [1.807, 2.05) is 12.1 Å². The van der Waals surface area contributed by atoms with Crippen LogP contribution in [0.25, 0.3) is 22.2 Å². The van der Waals surface area contributed by atoms with E-state index in [1.165, 1.54) is 12.7 Å². The van der Waals surface area contributed by atoms with Crippen molar-refractivity contribution < 1.29 is 19.4 Å². The number of aliphatic carboxylic acids is 1. The van der Waals surface area contributed by atoms with Gasteiger partial charge in [-0.2, -0.15) is 0 Å². The number of carboxylic acid groups (broad SMARTS) is 1. The Hall–Kier alpha value is -3.17. The number of fused-ring (bicyclic) bond motifs is 1. The minimum Gasteiger partial charge on any atom is -0.491 e. The second kappa shape index (κ2) is 10.3. The van der Waals surface area contributed by atoms with Gasteiger partial charge in [-0.15, -0.1) is 0 Å². The molecule has 3 aliphatic rings. The molecule has 1 aliphatic carbocycles. The average Bonchev–Trinajstić information content (AvgIpc) is 3.51. The SMILES string of the molecule is Nc1ncnc2c1c(-c1cccc(OCC3CCCCO3)c1)cn2[C@H]1C[C@@H](CN2CCCC2C(=O)O)C1. The maximum absolute atomic E-state index is 11.6. The molecule has 0 amide bonds. The van der Waals surface area contributed by atoms with Crippen LogP contribution in [0.3, 0.4) is 0 Å². The van der Waals surface area contributed by atoms with Crippen LogP contribution < -0.4 is 10.5 Å². The molecule has 3 aromatic rings. The van der Waals surface area contributed by atoms with Crippen LogP contribution >= 0.6 is 0 Å². The Morgan fingerprint density at radius 1 is 1.19 bits per heavy atom. The molecular formula is C28H35N5O4. The molecule has 2 atom stereocenters. The number of benzene rings is 1. The normalized spacial score (nSPS) is 26.3. The largest absolute Gasteiger partial charge is 0.491 e. The van der Waals surface area contributed by atoms with Crippen LogP contribution in [0, 0.1) is 5.92 Å². The summed E-state index contributed by atoms with van der Waals surface area (Å²) in [4.78, 5) is 22.6. The lowest BCUT2D eigenvalue weighted by molar-refractivity contribution is -0.142. The van der Waals surface area contributed by atoms with E-state index in [-0.39, 0.29) is 12.1 Å². The molecule has 0 radical (unpaired) electrons. The minimum atomic E-state index is -0.695. The van der Waals surface area contributed by atoms with Gasteiger partial charge < -0.3 is 24.9 Å². The number of carbonyl (C=O) groups is 1. The summed E-state index contributed by atoms with van der Waals surface area (Å²) < 4.78 is 14.1. The first-order valence-electron chi connectivity index (χ1n) is 13.5. The molecule has 9 heteroatoms. The van der Waals surface area contributed by atoms with Gasteiger partial charge in [-0.25, -0.2) is 9.97 Å². The lowest BCUT2D eigenvalue weighted by Gasteiger charge is -2.39. The van der Waals surface area contributed by atoms with E-state index in [4.69, 9.17) is 15.2 Å². The van der Waals surface area contributed by atoms with Crippen molar-refractivity contribution >= 4 is 22.8 Å². The van der Waals surface area contributed by atoms with E-state index in [0.717, 1.165) is 86.1 Å². The molecule has 0 bridgehead atoms. The smallest absolute Gasteiger partial charge is 0.320 e. The second-order valence-corrected chi connectivity index (χ2v) is 10.7. The Bertz CT molecular complexity index is 1260. The van der Waals surface area contributed by atoms with Crippen molar-refractivity contribution in [2.45, 2.75) is 63.1 Å². The highest BCUT2D eigenvalue weighted by atomic mass is 16.5. The maximum Gasteiger partial charge on any atom is 0.320 e. The van der Waals surface area contributed by atoms with Crippen molar-refractivity contribution in [3.63, 3.8) is 0 Å². The van der Waals surface area contributed by atoms with E-state index in [9.17, 15) is 9.90 Å². The van der Waals surface area contributed by atoms with Gasteiger partial charge in [-0.3, -0.25) is 9.69 Å². The first-order chi connectivity index (χ1) is 18.1. The fourth-order valence-corrected chi connectivity index (χ4v) is 6.22. The van der Waals surface area contributed by atoms with Crippen molar-refractivity contribution in [1.82, 2.24) is 19.4 Å². The van der Waals surface area contributed by atoms with Gasteiger partial charge in [0.15, 0.2) is 0 Å². The van der Waals surface area contributed by atoms with E-state index < -0.39 is 5.97 Å². The van der Waals surface area contributed by atoms with Crippen LogP contribution in [0.1, 0.15) is 51.0 Å². The van der Waals surface area contributed by atoms with E-state index in [0.29, 0.717) is 24.4 Å². The number of anilines is 1. The molecule has 2 aromatic heterocycles. The standard InChI is InChI=1S/C28H35N5O4/c29-26-25-23(19-5-3-7-21(13-19)37-16-22-6-1-2-10-36-22)15-33(27(25)31-17-30-26)20-11-18(12-20)14-32-9-4-8-24(32)28(34)35/h3,5,7,13,15,17-18,20,22,24H,1-2,4,6,8-12,14,16H2,(H,34,35)(H2,29,30,31)/t18-,20+,22?,24?.